The van der Waals surface area contributed by atoms with Crippen molar-refractivity contribution < 1.29 is 9.52 Å². The number of rotatable bonds is 3. The average Bonchev–Trinajstić information content (AvgIpc) is 2.78. The van der Waals surface area contributed by atoms with Crippen LogP contribution >= 0.6 is 0 Å². The van der Waals surface area contributed by atoms with Gasteiger partial charge in [0.2, 0.25) is 0 Å². The minimum atomic E-state index is -0.553. The molecule has 0 aliphatic rings. The summed E-state index contributed by atoms with van der Waals surface area (Å²) < 4.78 is 5.58. The molecule has 0 radical (unpaired) electrons. The molecule has 0 fully saturated rings. The van der Waals surface area contributed by atoms with Crippen LogP contribution in [-0.4, -0.2) is 5.11 Å². The van der Waals surface area contributed by atoms with Crippen molar-refractivity contribution in [1.29, 1.82) is 0 Å². The topological polar surface area (TPSA) is 33.4 Å². The lowest BCUT2D eigenvalue weighted by molar-refractivity contribution is 0.170. The highest BCUT2D eigenvalue weighted by atomic mass is 16.4. The number of aliphatic hydroxyl groups is 1. The van der Waals surface area contributed by atoms with E-state index in [2.05, 4.69) is 19.1 Å². The molecule has 2 rings (SSSR count). The highest BCUT2D eigenvalue weighted by molar-refractivity contribution is 5.58. The molecule has 0 saturated carbocycles. The molecule has 0 aliphatic heterocycles. The van der Waals surface area contributed by atoms with Gasteiger partial charge in [0, 0.05) is 5.56 Å². The van der Waals surface area contributed by atoms with Crippen LogP contribution in [0.4, 0.5) is 0 Å². The third kappa shape index (κ3) is 2.17. The zero-order chi connectivity index (χ0) is 11.5. The van der Waals surface area contributed by atoms with E-state index in [1.807, 2.05) is 24.3 Å². The zero-order valence-electron chi connectivity index (χ0n) is 9.60. The Morgan fingerprint density at radius 3 is 2.69 bits per heavy atom. The number of furan rings is 1. The Labute approximate surface area is 95.5 Å². The summed E-state index contributed by atoms with van der Waals surface area (Å²) in [7, 11) is 0. The fourth-order valence-corrected chi connectivity index (χ4v) is 1.68. The lowest BCUT2D eigenvalue weighted by Gasteiger charge is -2.01. The summed E-state index contributed by atoms with van der Waals surface area (Å²) in [6.45, 7) is 3.83. The molecular formula is C14H16O2. The lowest BCUT2D eigenvalue weighted by atomic mass is 10.1. The fourth-order valence-electron chi connectivity index (χ4n) is 1.68. The van der Waals surface area contributed by atoms with E-state index in [-0.39, 0.29) is 0 Å². The van der Waals surface area contributed by atoms with Crippen molar-refractivity contribution >= 4 is 0 Å². The lowest BCUT2D eigenvalue weighted by Crippen LogP contribution is -1.85. The second kappa shape index (κ2) is 4.54. The Bertz CT molecular complexity index is 469. The Morgan fingerprint density at radius 1 is 1.25 bits per heavy atom. The summed E-state index contributed by atoms with van der Waals surface area (Å²) in [6, 6.07) is 12.0. The maximum Gasteiger partial charge on any atom is 0.134 e. The summed E-state index contributed by atoms with van der Waals surface area (Å²) in [5, 5.41) is 9.39. The summed E-state index contributed by atoms with van der Waals surface area (Å²) in [5.74, 6) is 1.42. The van der Waals surface area contributed by atoms with Gasteiger partial charge in [-0.1, -0.05) is 25.1 Å². The predicted octanol–water partition coefficient (Wildman–Crippen LogP) is 3.56. The van der Waals surface area contributed by atoms with Crippen LogP contribution in [-0.2, 0) is 6.42 Å². The zero-order valence-corrected chi connectivity index (χ0v) is 9.60. The number of aliphatic hydroxyl groups excluding tert-OH is 1. The van der Waals surface area contributed by atoms with Gasteiger partial charge in [0.05, 0.1) is 0 Å². The maximum absolute atomic E-state index is 9.39. The van der Waals surface area contributed by atoms with E-state index in [1.54, 1.807) is 6.92 Å². The Balaban J connectivity index is 2.34. The Hall–Kier alpha value is -1.54. The first-order valence-corrected chi connectivity index (χ1v) is 5.58. The molecule has 1 aromatic heterocycles. The number of hydrogen-bond donors (Lipinski definition) is 1. The van der Waals surface area contributed by atoms with Crippen molar-refractivity contribution in [2.45, 2.75) is 26.4 Å². The first-order valence-electron chi connectivity index (χ1n) is 5.58. The molecule has 0 bridgehead atoms. The second-order valence-electron chi connectivity index (χ2n) is 3.93. The Kier molecular flexibility index (Phi) is 3.11. The van der Waals surface area contributed by atoms with Crippen molar-refractivity contribution in [2.75, 3.05) is 0 Å². The first kappa shape index (κ1) is 11.0. The van der Waals surface area contributed by atoms with Crippen molar-refractivity contribution in [3.8, 4) is 11.3 Å². The molecule has 0 amide bonds. The van der Waals surface area contributed by atoms with E-state index in [9.17, 15) is 5.11 Å². The van der Waals surface area contributed by atoms with Gasteiger partial charge in [-0.3, -0.25) is 0 Å². The molecule has 0 saturated heterocycles. The molecular weight excluding hydrogens is 200 g/mol. The van der Waals surface area contributed by atoms with Gasteiger partial charge in [-0.25, -0.2) is 0 Å². The van der Waals surface area contributed by atoms with Crippen LogP contribution in [0, 0.1) is 0 Å². The monoisotopic (exact) mass is 216 g/mol. The highest BCUT2D eigenvalue weighted by Crippen LogP contribution is 2.25. The van der Waals surface area contributed by atoms with Crippen LogP contribution in [0.3, 0.4) is 0 Å². The molecule has 0 spiro atoms. The molecule has 2 heteroatoms. The Morgan fingerprint density at radius 2 is 2.06 bits per heavy atom. The smallest absolute Gasteiger partial charge is 0.134 e. The van der Waals surface area contributed by atoms with Crippen LogP contribution in [0.1, 0.15) is 31.3 Å². The van der Waals surface area contributed by atoms with Gasteiger partial charge in [0.25, 0.3) is 0 Å². The summed E-state index contributed by atoms with van der Waals surface area (Å²) >= 11 is 0. The molecule has 0 aliphatic carbocycles. The molecule has 2 nitrogen and oxygen atoms in total. The normalized spacial score (nSPS) is 12.7. The van der Waals surface area contributed by atoms with Crippen molar-refractivity contribution in [3.63, 3.8) is 0 Å². The molecule has 1 unspecified atom stereocenters. The van der Waals surface area contributed by atoms with Gasteiger partial charge in [0.1, 0.15) is 17.6 Å². The quantitative estimate of drug-likeness (QED) is 0.851. The summed E-state index contributed by atoms with van der Waals surface area (Å²) in [5.41, 5.74) is 2.35. The minimum absolute atomic E-state index is 0.553. The molecule has 16 heavy (non-hydrogen) atoms. The van der Waals surface area contributed by atoms with E-state index < -0.39 is 6.10 Å². The van der Waals surface area contributed by atoms with Gasteiger partial charge >= 0.3 is 0 Å². The third-order valence-corrected chi connectivity index (χ3v) is 2.66. The molecule has 1 N–H and O–H groups in total. The van der Waals surface area contributed by atoms with Crippen LogP contribution in [0.2, 0.25) is 0 Å². The van der Waals surface area contributed by atoms with Gasteiger partial charge in [-0.15, -0.1) is 0 Å². The van der Waals surface area contributed by atoms with Crippen molar-refractivity contribution in [2.24, 2.45) is 0 Å². The number of hydrogen-bond acceptors (Lipinski definition) is 2. The predicted molar refractivity (Wildman–Crippen MR) is 64.2 cm³/mol. The molecule has 1 heterocycles. The first-order chi connectivity index (χ1) is 7.70. The van der Waals surface area contributed by atoms with Crippen LogP contribution in [0.15, 0.2) is 40.8 Å². The van der Waals surface area contributed by atoms with E-state index in [0.29, 0.717) is 5.76 Å². The second-order valence-corrected chi connectivity index (χ2v) is 3.93. The van der Waals surface area contributed by atoms with Crippen molar-refractivity contribution in [3.05, 3.63) is 47.7 Å². The number of benzene rings is 1. The van der Waals surface area contributed by atoms with E-state index in [1.165, 1.54) is 5.56 Å². The SMILES string of the molecule is CCc1cccc(-c2ccc(C(C)O)o2)c1. The summed E-state index contributed by atoms with van der Waals surface area (Å²) in [4.78, 5) is 0. The molecule has 2 aromatic rings. The minimum Gasteiger partial charge on any atom is -0.458 e. The molecule has 84 valence electrons. The van der Waals surface area contributed by atoms with Gasteiger partial charge in [-0.2, -0.15) is 0 Å². The standard InChI is InChI=1S/C14H16O2/c1-3-11-5-4-6-12(9-11)14-8-7-13(16-14)10(2)15/h4-10,15H,3H2,1-2H3. The number of aryl methyl sites for hydroxylation is 1. The largest absolute Gasteiger partial charge is 0.458 e. The van der Waals surface area contributed by atoms with Gasteiger partial charge in [0.15, 0.2) is 0 Å². The van der Waals surface area contributed by atoms with Crippen LogP contribution in [0.25, 0.3) is 11.3 Å². The van der Waals surface area contributed by atoms with Crippen LogP contribution in [0.5, 0.6) is 0 Å². The molecule has 1 atom stereocenters. The fraction of sp³-hybridized carbons (Fsp3) is 0.286. The summed E-state index contributed by atoms with van der Waals surface area (Å²) in [6.07, 6.45) is 0.459. The van der Waals surface area contributed by atoms with E-state index in [4.69, 9.17) is 4.42 Å². The highest BCUT2D eigenvalue weighted by Gasteiger charge is 2.08. The van der Waals surface area contributed by atoms with Crippen molar-refractivity contribution in [1.82, 2.24) is 0 Å². The van der Waals surface area contributed by atoms with Gasteiger partial charge < -0.3 is 9.52 Å². The third-order valence-electron chi connectivity index (χ3n) is 2.66. The average molecular weight is 216 g/mol. The van der Waals surface area contributed by atoms with E-state index in [0.717, 1.165) is 17.7 Å². The molecule has 1 aromatic carbocycles. The van der Waals surface area contributed by atoms with Gasteiger partial charge in [-0.05, 0) is 37.1 Å². The van der Waals surface area contributed by atoms with E-state index >= 15 is 0 Å². The maximum atomic E-state index is 9.39. The van der Waals surface area contributed by atoms with Crippen LogP contribution < -0.4 is 0 Å².